The number of hydrogen-bond donors (Lipinski definition) is 0. The summed E-state index contributed by atoms with van der Waals surface area (Å²) in [7, 11) is 0. The number of nitriles is 1. The Morgan fingerprint density at radius 1 is 1.04 bits per heavy atom. The lowest BCUT2D eigenvalue weighted by Crippen LogP contribution is -2.30. The van der Waals surface area contributed by atoms with Gasteiger partial charge in [0.25, 0.3) is 0 Å². The first-order chi connectivity index (χ1) is 11.3. The minimum Gasteiger partial charge on any atom is -0.298 e. The fourth-order valence-corrected chi connectivity index (χ4v) is 3.25. The number of halogens is 1. The van der Waals surface area contributed by atoms with Crippen LogP contribution >= 0.6 is 11.6 Å². The van der Waals surface area contributed by atoms with Gasteiger partial charge in [0.1, 0.15) is 0 Å². The quantitative estimate of drug-likeness (QED) is 0.750. The fraction of sp³-hybridized carbons (Fsp3) is 0.250. The van der Waals surface area contributed by atoms with Crippen LogP contribution in [0.1, 0.15) is 24.0 Å². The van der Waals surface area contributed by atoms with E-state index >= 15 is 0 Å². The molecule has 2 aromatic rings. The molecule has 116 valence electrons. The van der Waals surface area contributed by atoms with Crippen molar-refractivity contribution in [3.8, 4) is 6.07 Å². The molecular weight excluding hydrogens is 304 g/mol. The van der Waals surface area contributed by atoms with Crippen LogP contribution in [0, 0.1) is 11.3 Å². The Balaban J connectivity index is 1.70. The van der Waals surface area contributed by atoms with Crippen LogP contribution in [0.2, 0.25) is 5.02 Å². The lowest BCUT2D eigenvalue weighted by Gasteiger charge is -2.29. The van der Waals surface area contributed by atoms with Crippen LogP contribution < -0.4 is 0 Å². The molecule has 2 nitrogen and oxygen atoms in total. The molecule has 1 aliphatic heterocycles. The van der Waals surface area contributed by atoms with Gasteiger partial charge in [-0.05, 0) is 41.7 Å². The SMILES string of the molecule is N#CC(=C1CCN(Cc2ccccc2)CC1)c1cccc(Cl)c1. The zero-order valence-corrected chi connectivity index (χ0v) is 13.8. The number of allylic oxidation sites excluding steroid dienone is 1. The van der Waals surface area contributed by atoms with Gasteiger partial charge < -0.3 is 0 Å². The van der Waals surface area contributed by atoms with Crippen LogP contribution in [0.3, 0.4) is 0 Å². The lowest BCUT2D eigenvalue weighted by atomic mass is 9.93. The molecule has 1 fully saturated rings. The Hall–Kier alpha value is -2.08. The second-order valence-electron chi connectivity index (χ2n) is 5.86. The highest BCUT2D eigenvalue weighted by Crippen LogP contribution is 2.28. The van der Waals surface area contributed by atoms with Gasteiger partial charge in [-0.3, -0.25) is 4.90 Å². The molecule has 1 heterocycles. The highest BCUT2D eigenvalue weighted by atomic mass is 35.5. The molecule has 1 saturated heterocycles. The molecule has 0 saturated carbocycles. The Morgan fingerprint density at radius 2 is 1.78 bits per heavy atom. The molecule has 0 N–H and O–H groups in total. The minimum atomic E-state index is 0.678. The Labute approximate surface area is 142 Å². The molecule has 0 aromatic heterocycles. The van der Waals surface area contributed by atoms with Crippen molar-refractivity contribution in [3.05, 3.63) is 76.3 Å². The maximum Gasteiger partial charge on any atom is 0.0997 e. The van der Waals surface area contributed by atoms with Crippen molar-refractivity contribution in [1.82, 2.24) is 4.90 Å². The first-order valence-electron chi connectivity index (χ1n) is 7.90. The zero-order chi connectivity index (χ0) is 16.1. The van der Waals surface area contributed by atoms with E-state index in [-0.39, 0.29) is 0 Å². The first-order valence-corrected chi connectivity index (χ1v) is 8.28. The predicted octanol–water partition coefficient (Wildman–Crippen LogP) is 4.91. The van der Waals surface area contributed by atoms with E-state index in [0.717, 1.165) is 43.6 Å². The second-order valence-corrected chi connectivity index (χ2v) is 6.30. The molecular formula is C20H19ClN2. The van der Waals surface area contributed by atoms with E-state index in [1.807, 2.05) is 30.3 Å². The van der Waals surface area contributed by atoms with Crippen molar-refractivity contribution in [2.45, 2.75) is 19.4 Å². The number of piperidine rings is 1. The van der Waals surface area contributed by atoms with Gasteiger partial charge in [-0.15, -0.1) is 0 Å². The van der Waals surface area contributed by atoms with Crippen LogP contribution in [-0.2, 0) is 6.54 Å². The van der Waals surface area contributed by atoms with Crippen molar-refractivity contribution < 1.29 is 0 Å². The van der Waals surface area contributed by atoms with E-state index < -0.39 is 0 Å². The van der Waals surface area contributed by atoms with E-state index in [4.69, 9.17) is 11.6 Å². The van der Waals surface area contributed by atoms with Crippen LogP contribution in [0.25, 0.3) is 5.57 Å². The van der Waals surface area contributed by atoms with Gasteiger partial charge in [-0.25, -0.2) is 0 Å². The van der Waals surface area contributed by atoms with E-state index in [0.29, 0.717) is 5.02 Å². The second kappa shape index (κ2) is 7.46. The average molecular weight is 323 g/mol. The summed E-state index contributed by atoms with van der Waals surface area (Å²) < 4.78 is 0. The number of hydrogen-bond acceptors (Lipinski definition) is 2. The molecule has 0 atom stereocenters. The van der Waals surface area contributed by atoms with Crippen molar-refractivity contribution in [3.63, 3.8) is 0 Å². The topological polar surface area (TPSA) is 27.0 Å². The standard InChI is InChI=1S/C20H19ClN2/c21-19-8-4-7-18(13-19)20(14-22)17-9-11-23(12-10-17)15-16-5-2-1-3-6-16/h1-8,13H,9-12,15H2. The van der Waals surface area contributed by atoms with Gasteiger partial charge in [0, 0.05) is 24.7 Å². The summed E-state index contributed by atoms with van der Waals surface area (Å²) in [6, 6.07) is 20.5. The van der Waals surface area contributed by atoms with Gasteiger partial charge in [-0.1, -0.05) is 54.1 Å². The summed E-state index contributed by atoms with van der Waals surface area (Å²) in [5.74, 6) is 0. The predicted molar refractivity (Wildman–Crippen MR) is 94.9 cm³/mol. The van der Waals surface area contributed by atoms with Crippen molar-refractivity contribution in [2.24, 2.45) is 0 Å². The van der Waals surface area contributed by atoms with Crippen LogP contribution in [-0.4, -0.2) is 18.0 Å². The van der Waals surface area contributed by atoms with Crippen molar-refractivity contribution in [2.75, 3.05) is 13.1 Å². The molecule has 2 aromatic carbocycles. The molecule has 0 spiro atoms. The summed E-state index contributed by atoms with van der Waals surface area (Å²) in [6.07, 6.45) is 1.89. The number of benzene rings is 2. The summed E-state index contributed by atoms with van der Waals surface area (Å²) in [5, 5.41) is 10.2. The van der Waals surface area contributed by atoms with Gasteiger partial charge in [0.2, 0.25) is 0 Å². The normalized spacial score (nSPS) is 15.2. The number of likely N-dealkylation sites (tertiary alicyclic amines) is 1. The average Bonchev–Trinajstić information content (AvgIpc) is 2.58. The Bertz CT molecular complexity index is 734. The van der Waals surface area contributed by atoms with Crippen molar-refractivity contribution >= 4 is 17.2 Å². The van der Waals surface area contributed by atoms with Gasteiger partial charge in [-0.2, -0.15) is 5.26 Å². The van der Waals surface area contributed by atoms with E-state index in [2.05, 4.69) is 35.2 Å². The first kappa shape index (κ1) is 15.8. The van der Waals surface area contributed by atoms with Gasteiger partial charge in [0.15, 0.2) is 0 Å². The Kier molecular flexibility index (Phi) is 5.12. The van der Waals surface area contributed by atoms with Gasteiger partial charge >= 0.3 is 0 Å². The molecule has 0 amide bonds. The molecule has 3 rings (SSSR count). The molecule has 1 aliphatic rings. The van der Waals surface area contributed by atoms with Crippen molar-refractivity contribution in [1.29, 1.82) is 5.26 Å². The third-order valence-electron chi connectivity index (χ3n) is 4.29. The summed E-state index contributed by atoms with van der Waals surface area (Å²) in [4.78, 5) is 2.45. The molecule has 0 bridgehead atoms. The molecule has 0 aliphatic carbocycles. The summed E-state index contributed by atoms with van der Waals surface area (Å²) in [6.45, 7) is 2.97. The lowest BCUT2D eigenvalue weighted by molar-refractivity contribution is 0.249. The number of nitrogens with zero attached hydrogens (tertiary/aromatic N) is 2. The third kappa shape index (κ3) is 4.01. The zero-order valence-electron chi connectivity index (χ0n) is 13.0. The fourth-order valence-electron chi connectivity index (χ4n) is 3.06. The largest absolute Gasteiger partial charge is 0.298 e. The van der Waals surface area contributed by atoms with Crippen LogP contribution in [0.15, 0.2) is 60.2 Å². The maximum atomic E-state index is 9.56. The van der Waals surface area contributed by atoms with Gasteiger partial charge in [0.05, 0.1) is 11.6 Å². The molecule has 3 heteroatoms. The highest BCUT2D eigenvalue weighted by Gasteiger charge is 2.18. The maximum absolute atomic E-state index is 9.56. The Morgan fingerprint density at radius 3 is 2.43 bits per heavy atom. The van der Waals surface area contributed by atoms with Crippen LogP contribution in [0.4, 0.5) is 0 Å². The molecule has 0 unspecified atom stereocenters. The monoisotopic (exact) mass is 322 g/mol. The van der Waals surface area contributed by atoms with E-state index in [1.165, 1.54) is 11.1 Å². The van der Waals surface area contributed by atoms with Crippen LogP contribution in [0.5, 0.6) is 0 Å². The smallest absolute Gasteiger partial charge is 0.0997 e. The molecule has 23 heavy (non-hydrogen) atoms. The number of rotatable bonds is 3. The minimum absolute atomic E-state index is 0.678. The van der Waals surface area contributed by atoms with E-state index in [9.17, 15) is 5.26 Å². The van der Waals surface area contributed by atoms with E-state index in [1.54, 1.807) is 0 Å². The summed E-state index contributed by atoms with van der Waals surface area (Å²) >= 11 is 6.06. The molecule has 0 radical (unpaired) electrons. The highest BCUT2D eigenvalue weighted by molar-refractivity contribution is 6.30. The summed E-state index contributed by atoms with van der Waals surface area (Å²) in [5.41, 5.74) is 4.33. The third-order valence-corrected chi connectivity index (χ3v) is 4.52.